The molecule has 1 N–H and O–H groups in total. The highest BCUT2D eigenvalue weighted by Crippen LogP contribution is 2.35. The summed E-state index contributed by atoms with van der Waals surface area (Å²) in [7, 11) is 3.05. The van der Waals surface area contributed by atoms with Crippen LogP contribution in [-0.4, -0.2) is 31.1 Å². The third-order valence-electron chi connectivity index (χ3n) is 4.37. The molecule has 0 bridgehead atoms. The molecule has 0 radical (unpaired) electrons. The number of ether oxygens (including phenoxy) is 2. The molecule has 2 aromatic rings. The molecule has 29 heavy (non-hydrogen) atoms. The molecular formula is C21H19BrN2O4S. The van der Waals surface area contributed by atoms with Gasteiger partial charge in [-0.3, -0.25) is 19.8 Å². The van der Waals surface area contributed by atoms with E-state index in [1.165, 1.54) is 25.2 Å². The van der Waals surface area contributed by atoms with E-state index in [0.717, 1.165) is 11.1 Å². The van der Waals surface area contributed by atoms with Crippen molar-refractivity contribution in [2.75, 3.05) is 19.1 Å². The second-order valence-corrected chi connectivity index (χ2v) is 7.77. The Hall–Kier alpha value is -2.71. The van der Waals surface area contributed by atoms with Gasteiger partial charge in [0.05, 0.1) is 19.9 Å². The number of halogens is 1. The predicted molar refractivity (Wildman–Crippen MR) is 119 cm³/mol. The molecule has 1 heterocycles. The van der Waals surface area contributed by atoms with Gasteiger partial charge in [0, 0.05) is 4.47 Å². The van der Waals surface area contributed by atoms with Crippen molar-refractivity contribution in [1.82, 2.24) is 5.32 Å². The molecule has 1 aliphatic heterocycles. The van der Waals surface area contributed by atoms with Gasteiger partial charge >= 0.3 is 0 Å². The van der Waals surface area contributed by atoms with Crippen LogP contribution in [0.3, 0.4) is 0 Å². The minimum absolute atomic E-state index is 0.0364. The molecule has 0 aromatic heterocycles. The predicted octanol–water partition coefficient (Wildman–Crippen LogP) is 3.91. The van der Waals surface area contributed by atoms with Crippen molar-refractivity contribution < 1.29 is 19.1 Å². The number of thiocarbonyl (C=S) groups is 1. The minimum atomic E-state index is -0.553. The summed E-state index contributed by atoms with van der Waals surface area (Å²) in [6, 6.07) is 9.08. The standard InChI is InChI=1S/C21H19BrN2O4S/c1-11-5-12(2)7-14(6-11)24-20(26)15(19(25)23-21(24)29)8-13-9-17(27-3)18(28-4)10-16(13)22/h5-10H,1-4H3,(H,23,25,29)/b15-8-. The molecule has 0 saturated carbocycles. The smallest absolute Gasteiger partial charge is 0.270 e. The first kappa shape index (κ1) is 21.0. The molecule has 0 unspecified atom stereocenters. The van der Waals surface area contributed by atoms with Gasteiger partial charge in [0.1, 0.15) is 5.57 Å². The van der Waals surface area contributed by atoms with Crippen LogP contribution in [0.15, 0.2) is 40.4 Å². The maximum absolute atomic E-state index is 13.2. The lowest BCUT2D eigenvalue weighted by molar-refractivity contribution is -0.122. The van der Waals surface area contributed by atoms with Crippen molar-refractivity contribution in [1.29, 1.82) is 0 Å². The van der Waals surface area contributed by atoms with E-state index in [0.29, 0.717) is 27.2 Å². The van der Waals surface area contributed by atoms with Gasteiger partial charge in [-0.1, -0.05) is 22.0 Å². The molecule has 1 saturated heterocycles. The minimum Gasteiger partial charge on any atom is -0.493 e. The highest BCUT2D eigenvalue weighted by atomic mass is 79.9. The van der Waals surface area contributed by atoms with Gasteiger partial charge in [-0.25, -0.2) is 0 Å². The third-order valence-corrected chi connectivity index (χ3v) is 5.34. The molecular weight excluding hydrogens is 456 g/mol. The zero-order valence-electron chi connectivity index (χ0n) is 16.3. The average molecular weight is 475 g/mol. The Balaban J connectivity index is 2.08. The number of methoxy groups -OCH3 is 2. The Morgan fingerprint density at radius 2 is 1.59 bits per heavy atom. The quantitative estimate of drug-likeness (QED) is 0.413. The van der Waals surface area contributed by atoms with Gasteiger partial charge in [0.15, 0.2) is 16.6 Å². The van der Waals surface area contributed by atoms with Crippen LogP contribution in [0.25, 0.3) is 6.08 Å². The van der Waals surface area contributed by atoms with Gasteiger partial charge in [0.2, 0.25) is 0 Å². The number of rotatable bonds is 4. The maximum Gasteiger partial charge on any atom is 0.270 e. The lowest BCUT2D eigenvalue weighted by Crippen LogP contribution is -2.54. The highest BCUT2D eigenvalue weighted by Gasteiger charge is 2.34. The van der Waals surface area contributed by atoms with Gasteiger partial charge in [-0.2, -0.15) is 0 Å². The fourth-order valence-electron chi connectivity index (χ4n) is 3.11. The van der Waals surface area contributed by atoms with Crippen molar-refractivity contribution in [2.45, 2.75) is 13.8 Å². The molecule has 2 aromatic carbocycles. The number of hydrogen-bond donors (Lipinski definition) is 1. The van der Waals surface area contributed by atoms with Crippen LogP contribution < -0.4 is 19.7 Å². The molecule has 8 heteroatoms. The van der Waals surface area contributed by atoms with Crippen LogP contribution >= 0.6 is 28.1 Å². The zero-order chi connectivity index (χ0) is 21.3. The summed E-state index contributed by atoms with van der Waals surface area (Å²) in [5.74, 6) is -0.0420. The summed E-state index contributed by atoms with van der Waals surface area (Å²) < 4.78 is 11.2. The monoisotopic (exact) mass is 474 g/mol. The van der Waals surface area contributed by atoms with Crippen molar-refractivity contribution in [3.8, 4) is 11.5 Å². The first-order valence-electron chi connectivity index (χ1n) is 8.66. The van der Waals surface area contributed by atoms with E-state index in [9.17, 15) is 9.59 Å². The van der Waals surface area contributed by atoms with Gasteiger partial charge in [0.25, 0.3) is 11.8 Å². The maximum atomic E-state index is 13.2. The Kier molecular flexibility index (Phi) is 6.04. The van der Waals surface area contributed by atoms with Gasteiger partial charge in [-0.15, -0.1) is 0 Å². The normalized spacial score (nSPS) is 15.6. The highest BCUT2D eigenvalue weighted by molar-refractivity contribution is 9.10. The molecule has 0 spiro atoms. The molecule has 0 aliphatic carbocycles. The van der Waals surface area contributed by atoms with Gasteiger partial charge < -0.3 is 9.47 Å². The Labute approximate surface area is 182 Å². The fraction of sp³-hybridized carbons (Fsp3) is 0.190. The summed E-state index contributed by atoms with van der Waals surface area (Å²) in [5.41, 5.74) is 3.14. The average Bonchev–Trinajstić information content (AvgIpc) is 2.64. The van der Waals surface area contributed by atoms with Crippen LogP contribution in [0.2, 0.25) is 0 Å². The molecule has 2 amide bonds. The van der Waals surface area contributed by atoms with Crippen LogP contribution in [0.1, 0.15) is 16.7 Å². The molecule has 1 fully saturated rings. The van der Waals surface area contributed by atoms with Crippen molar-refractivity contribution >= 4 is 56.8 Å². The molecule has 150 valence electrons. The van der Waals surface area contributed by atoms with E-state index in [4.69, 9.17) is 21.7 Å². The van der Waals surface area contributed by atoms with Crippen LogP contribution in [0.5, 0.6) is 11.5 Å². The third kappa shape index (κ3) is 4.18. The second-order valence-electron chi connectivity index (χ2n) is 6.53. The van der Waals surface area contributed by atoms with Crippen molar-refractivity contribution in [3.05, 3.63) is 57.1 Å². The summed E-state index contributed by atoms with van der Waals surface area (Å²) in [5, 5.41) is 2.65. The molecule has 6 nitrogen and oxygen atoms in total. The summed E-state index contributed by atoms with van der Waals surface area (Å²) in [6.07, 6.45) is 1.50. The molecule has 1 aliphatic rings. The largest absolute Gasteiger partial charge is 0.493 e. The number of hydrogen-bond acceptors (Lipinski definition) is 5. The zero-order valence-corrected chi connectivity index (χ0v) is 18.7. The summed E-state index contributed by atoms with van der Waals surface area (Å²) in [6.45, 7) is 3.87. The van der Waals surface area contributed by atoms with Crippen molar-refractivity contribution in [3.63, 3.8) is 0 Å². The van der Waals surface area contributed by atoms with E-state index < -0.39 is 11.8 Å². The topological polar surface area (TPSA) is 67.9 Å². The lowest BCUT2D eigenvalue weighted by atomic mass is 10.1. The SMILES string of the molecule is COc1cc(Br)c(/C=C2/C(=O)NC(=S)N(c3cc(C)cc(C)c3)C2=O)cc1OC. The van der Waals surface area contributed by atoms with Crippen molar-refractivity contribution in [2.24, 2.45) is 0 Å². The van der Waals surface area contributed by atoms with E-state index in [-0.39, 0.29) is 10.7 Å². The first-order valence-corrected chi connectivity index (χ1v) is 9.86. The Morgan fingerprint density at radius 1 is 1.00 bits per heavy atom. The van der Waals surface area contributed by atoms with E-state index in [2.05, 4.69) is 21.2 Å². The van der Waals surface area contributed by atoms with E-state index >= 15 is 0 Å². The Bertz CT molecular complexity index is 1040. The number of nitrogens with one attached hydrogen (secondary N) is 1. The van der Waals surface area contributed by atoms with E-state index in [1.54, 1.807) is 12.1 Å². The number of aryl methyl sites for hydroxylation is 2. The van der Waals surface area contributed by atoms with Crippen LogP contribution in [0.4, 0.5) is 5.69 Å². The summed E-state index contributed by atoms with van der Waals surface area (Å²) in [4.78, 5) is 27.1. The van der Waals surface area contributed by atoms with Gasteiger partial charge in [-0.05, 0) is 73.1 Å². The van der Waals surface area contributed by atoms with Crippen LogP contribution in [0, 0.1) is 13.8 Å². The number of nitrogens with zero attached hydrogens (tertiary/aromatic N) is 1. The number of anilines is 1. The molecule has 3 rings (SSSR count). The number of carbonyl (C=O) groups is 2. The fourth-order valence-corrected chi connectivity index (χ4v) is 3.83. The molecule has 0 atom stereocenters. The van der Waals surface area contributed by atoms with E-state index in [1.807, 2.05) is 32.0 Å². The summed E-state index contributed by atoms with van der Waals surface area (Å²) >= 11 is 8.71. The lowest BCUT2D eigenvalue weighted by Gasteiger charge is -2.29. The number of amides is 2. The second kappa shape index (κ2) is 8.34. The Morgan fingerprint density at radius 3 is 2.17 bits per heavy atom. The van der Waals surface area contributed by atoms with Crippen LogP contribution in [-0.2, 0) is 9.59 Å². The number of carbonyl (C=O) groups excluding carboxylic acids is 2. The first-order chi connectivity index (χ1) is 13.7. The number of benzene rings is 2.